The maximum absolute atomic E-state index is 11.8. The van der Waals surface area contributed by atoms with Crippen molar-refractivity contribution in [3.63, 3.8) is 0 Å². The lowest BCUT2D eigenvalue weighted by molar-refractivity contribution is -0.145. The van der Waals surface area contributed by atoms with Gasteiger partial charge in [0.15, 0.2) is 6.61 Å². The molecule has 2 rings (SSSR count). The Labute approximate surface area is 139 Å². The first-order chi connectivity index (χ1) is 11.7. The Kier molecular flexibility index (Phi) is 6.46. The van der Waals surface area contributed by atoms with Gasteiger partial charge in [0.25, 0.3) is 5.91 Å². The molecular weight excluding hydrogens is 310 g/mol. The van der Waals surface area contributed by atoms with Crippen LogP contribution in [0.1, 0.15) is 22.8 Å². The van der Waals surface area contributed by atoms with Crippen molar-refractivity contribution in [3.05, 3.63) is 59.9 Å². The second-order valence-electron chi connectivity index (χ2n) is 4.60. The quantitative estimate of drug-likeness (QED) is 0.476. The number of aromatic nitrogens is 1. The highest BCUT2D eigenvalue weighted by atomic mass is 16.6. The Morgan fingerprint density at radius 2 is 2.04 bits per heavy atom. The van der Waals surface area contributed by atoms with Gasteiger partial charge in [0.2, 0.25) is 0 Å². The number of esters is 1. The van der Waals surface area contributed by atoms with E-state index in [9.17, 15) is 9.59 Å². The van der Waals surface area contributed by atoms with E-state index in [4.69, 9.17) is 9.47 Å². The van der Waals surface area contributed by atoms with Gasteiger partial charge in [-0.2, -0.15) is 5.10 Å². The van der Waals surface area contributed by atoms with Crippen molar-refractivity contribution < 1.29 is 19.1 Å². The molecule has 0 aliphatic carbocycles. The number of amides is 1. The average molecular weight is 327 g/mol. The molecule has 124 valence electrons. The summed E-state index contributed by atoms with van der Waals surface area (Å²) in [6.45, 7) is 1.92. The van der Waals surface area contributed by atoms with Crippen LogP contribution in [0.3, 0.4) is 0 Å². The largest absolute Gasteiger partial charge is 0.482 e. The summed E-state index contributed by atoms with van der Waals surface area (Å²) in [6, 6.07) is 10.2. The van der Waals surface area contributed by atoms with Gasteiger partial charge in [-0.3, -0.25) is 9.78 Å². The fraction of sp³-hybridized carbons (Fsp3) is 0.176. The molecule has 0 aliphatic heterocycles. The molecule has 1 aromatic heterocycles. The summed E-state index contributed by atoms with van der Waals surface area (Å²) >= 11 is 0. The first-order valence-corrected chi connectivity index (χ1v) is 7.31. The summed E-state index contributed by atoms with van der Waals surface area (Å²) in [5.41, 5.74) is 3.61. The van der Waals surface area contributed by atoms with E-state index in [2.05, 4.69) is 15.5 Å². The number of ether oxygens (including phenoxy) is 2. The average Bonchev–Trinajstić information content (AvgIpc) is 2.62. The van der Waals surface area contributed by atoms with Crippen LogP contribution in [0.2, 0.25) is 0 Å². The third kappa shape index (κ3) is 5.53. The van der Waals surface area contributed by atoms with Gasteiger partial charge < -0.3 is 9.47 Å². The van der Waals surface area contributed by atoms with Crippen LogP contribution >= 0.6 is 0 Å². The van der Waals surface area contributed by atoms with Gasteiger partial charge in [0, 0.05) is 12.4 Å². The van der Waals surface area contributed by atoms with Gasteiger partial charge in [-0.1, -0.05) is 0 Å². The second kappa shape index (κ2) is 9.04. The molecule has 0 atom stereocenters. The monoisotopic (exact) mass is 327 g/mol. The fourth-order valence-corrected chi connectivity index (χ4v) is 1.72. The first-order valence-electron chi connectivity index (χ1n) is 7.31. The Morgan fingerprint density at radius 1 is 1.25 bits per heavy atom. The van der Waals surface area contributed by atoms with Crippen molar-refractivity contribution in [1.29, 1.82) is 0 Å². The molecule has 1 aromatic carbocycles. The van der Waals surface area contributed by atoms with E-state index in [1.165, 1.54) is 12.4 Å². The third-order valence-corrected chi connectivity index (χ3v) is 2.85. The van der Waals surface area contributed by atoms with E-state index in [1.54, 1.807) is 49.5 Å². The molecule has 1 amide bonds. The van der Waals surface area contributed by atoms with Gasteiger partial charge in [0.05, 0.1) is 18.4 Å². The number of benzene rings is 1. The molecular formula is C17H17N3O4. The van der Waals surface area contributed by atoms with Gasteiger partial charge in [-0.05, 0) is 48.9 Å². The van der Waals surface area contributed by atoms with Crippen LogP contribution in [0, 0.1) is 0 Å². The molecule has 7 heteroatoms. The van der Waals surface area contributed by atoms with E-state index in [-0.39, 0.29) is 12.5 Å². The zero-order chi connectivity index (χ0) is 17.2. The Morgan fingerprint density at radius 3 is 2.71 bits per heavy atom. The number of rotatable bonds is 7. The van der Waals surface area contributed by atoms with Gasteiger partial charge in [-0.15, -0.1) is 0 Å². The summed E-state index contributed by atoms with van der Waals surface area (Å²) < 4.78 is 10.0. The minimum atomic E-state index is -0.416. The normalized spacial score (nSPS) is 10.4. The molecule has 1 heterocycles. The molecule has 7 nitrogen and oxygen atoms in total. The van der Waals surface area contributed by atoms with Crippen LogP contribution in [0.4, 0.5) is 0 Å². The van der Waals surface area contributed by atoms with E-state index in [0.717, 1.165) is 5.56 Å². The predicted molar refractivity (Wildman–Crippen MR) is 87.9 cm³/mol. The lowest BCUT2D eigenvalue weighted by atomic mass is 10.2. The number of carbonyl (C=O) groups is 2. The van der Waals surface area contributed by atoms with Crippen LogP contribution in [0.25, 0.3) is 0 Å². The zero-order valence-electron chi connectivity index (χ0n) is 13.1. The molecule has 0 saturated heterocycles. The van der Waals surface area contributed by atoms with Gasteiger partial charge in [0.1, 0.15) is 5.75 Å². The smallest absolute Gasteiger partial charge is 0.344 e. The van der Waals surface area contributed by atoms with Gasteiger partial charge >= 0.3 is 5.97 Å². The molecule has 2 aromatic rings. The van der Waals surface area contributed by atoms with Gasteiger partial charge in [-0.25, -0.2) is 10.2 Å². The lowest BCUT2D eigenvalue weighted by Gasteiger charge is -2.05. The van der Waals surface area contributed by atoms with Crippen molar-refractivity contribution in [2.24, 2.45) is 5.10 Å². The van der Waals surface area contributed by atoms with Crippen LogP contribution in [-0.4, -0.2) is 36.3 Å². The van der Waals surface area contributed by atoms with Crippen LogP contribution in [-0.2, 0) is 9.53 Å². The molecule has 0 fully saturated rings. The SMILES string of the molecule is CCOC(=O)COc1ccc(/C=N/NC(=O)c2cccnc2)cc1. The maximum Gasteiger partial charge on any atom is 0.344 e. The van der Waals surface area contributed by atoms with E-state index >= 15 is 0 Å². The van der Waals surface area contributed by atoms with Crippen molar-refractivity contribution in [2.75, 3.05) is 13.2 Å². The Hall–Kier alpha value is -3.22. The highest BCUT2D eigenvalue weighted by Gasteiger charge is 2.03. The van der Waals surface area contributed by atoms with E-state index in [0.29, 0.717) is 17.9 Å². The Balaban J connectivity index is 1.83. The second-order valence-corrected chi connectivity index (χ2v) is 4.60. The number of pyridine rings is 1. The van der Waals surface area contributed by atoms with Crippen molar-refractivity contribution in [3.8, 4) is 5.75 Å². The lowest BCUT2D eigenvalue weighted by Crippen LogP contribution is -2.17. The van der Waals surface area contributed by atoms with Crippen molar-refractivity contribution in [1.82, 2.24) is 10.4 Å². The molecule has 1 N–H and O–H groups in total. The minimum absolute atomic E-state index is 0.136. The van der Waals surface area contributed by atoms with Crippen molar-refractivity contribution in [2.45, 2.75) is 6.92 Å². The third-order valence-electron chi connectivity index (χ3n) is 2.85. The summed E-state index contributed by atoms with van der Waals surface area (Å²) in [5, 5.41) is 3.88. The highest BCUT2D eigenvalue weighted by molar-refractivity contribution is 5.94. The molecule has 0 aliphatic rings. The van der Waals surface area contributed by atoms with Crippen LogP contribution < -0.4 is 10.2 Å². The number of carbonyl (C=O) groups excluding carboxylic acids is 2. The summed E-state index contributed by atoms with van der Waals surface area (Å²) in [5.74, 6) is -0.213. The number of nitrogens with one attached hydrogen (secondary N) is 1. The molecule has 0 bridgehead atoms. The molecule has 0 radical (unpaired) electrons. The highest BCUT2D eigenvalue weighted by Crippen LogP contribution is 2.11. The number of nitrogens with zero attached hydrogens (tertiary/aromatic N) is 2. The number of hydrazone groups is 1. The Bertz CT molecular complexity index is 700. The zero-order valence-corrected chi connectivity index (χ0v) is 13.1. The number of hydrogen-bond acceptors (Lipinski definition) is 6. The van der Waals surface area contributed by atoms with Crippen LogP contribution in [0.15, 0.2) is 53.9 Å². The molecule has 0 spiro atoms. The minimum Gasteiger partial charge on any atom is -0.482 e. The number of hydrogen-bond donors (Lipinski definition) is 1. The fourth-order valence-electron chi connectivity index (χ4n) is 1.72. The van der Waals surface area contributed by atoms with E-state index < -0.39 is 5.97 Å². The summed E-state index contributed by atoms with van der Waals surface area (Å²) in [4.78, 5) is 26.8. The molecule has 24 heavy (non-hydrogen) atoms. The summed E-state index contributed by atoms with van der Waals surface area (Å²) in [7, 11) is 0. The predicted octanol–water partition coefficient (Wildman–Crippen LogP) is 1.79. The first kappa shape index (κ1) is 17.1. The molecule has 0 saturated carbocycles. The standard InChI is InChI=1S/C17H17N3O4/c1-2-23-16(21)12-24-15-7-5-13(6-8-15)10-19-20-17(22)14-4-3-9-18-11-14/h3-11H,2,12H2,1H3,(H,20,22)/b19-10+. The van der Waals surface area contributed by atoms with E-state index in [1.807, 2.05) is 0 Å². The topological polar surface area (TPSA) is 89.9 Å². The maximum atomic E-state index is 11.8. The van der Waals surface area contributed by atoms with Crippen LogP contribution in [0.5, 0.6) is 5.75 Å². The summed E-state index contributed by atoms with van der Waals surface area (Å²) in [6.07, 6.45) is 4.55. The van der Waals surface area contributed by atoms with Crippen molar-refractivity contribution >= 4 is 18.1 Å². The molecule has 0 unspecified atom stereocenters.